The van der Waals surface area contributed by atoms with E-state index in [4.69, 9.17) is 4.52 Å². The number of carbonyl (C=O) groups excluding carboxylic acids is 1. The molecule has 3 rings (SSSR count). The maximum absolute atomic E-state index is 12.0. The fourth-order valence-corrected chi connectivity index (χ4v) is 2.81. The number of pyridine rings is 1. The van der Waals surface area contributed by atoms with Crippen molar-refractivity contribution in [2.45, 2.75) is 45.7 Å². The van der Waals surface area contributed by atoms with Gasteiger partial charge in [0.2, 0.25) is 5.89 Å². The number of nitrogens with one attached hydrogen (secondary N) is 2. The summed E-state index contributed by atoms with van der Waals surface area (Å²) in [6.07, 6.45) is 5.57. The summed E-state index contributed by atoms with van der Waals surface area (Å²) < 4.78 is 5.04. The topological polar surface area (TPSA) is 96.2 Å². The predicted octanol–water partition coefficient (Wildman–Crippen LogP) is 2.32. The van der Waals surface area contributed by atoms with Crippen LogP contribution in [0.3, 0.4) is 0 Å². The SMILES string of the molecule is Cc1noc([C@@H](C)NC(=O)NCc2ccc(N3CCCCC3)nc2)n1. The van der Waals surface area contributed by atoms with Crippen LogP contribution in [0.1, 0.15) is 49.5 Å². The number of urea groups is 1. The molecule has 0 unspecified atom stereocenters. The lowest BCUT2D eigenvalue weighted by Gasteiger charge is -2.27. The summed E-state index contributed by atoms with van der Waals surface area (Å²) in [6, 6.07) is 3.38. The molecule has 2 amide bonds. The van der Waals surface area contributed by atoms with Gasteiger partial charge in [-0.2, -0.15) is 4.98 Å². The van der Waals surface area contributed by atoms with Crippen molar-refractivity contribution in [2.75, 3.05) is 18.0 Å². The standard InChI is InChI=1S/C17H24N6O2/c1-12(16-21-13(2)22-25-16)20-17(24)19-11-14-6-7-15(18-10-14)23-8-4-3-5-9-23/h6-7,10,12H,3-5,8-9,11H2,1-2H3,(H2,19,20,24)/t12-/m1/s1. The second-order valence-electron chi connectivity index (χ2n) is 6.30. The van der Waals surface area contributed by atoms with Gasteiger partial charge >= 0.3 is 6.03 Å². The Balaban J connectivity index is 1.46. The maximum atomic E-state index is 12.0. The largest absolute Gasteiger partial charge is 0.357 e. The fraction of sp³-hybridized carbons (Fsp3) is 0.529. The van der Waals surface area contributed by atoms with E-state index < -0.39 is 0 Å². The number of aromatic nitrogens is 3. The quantitative estimate of drug-likeness (QED) is 0.864. The van der Waals surface area contributed by atoms with Crippen molar-refractivity contribution in [3.05, 3.63) is 35.6 Å². The zero-order valence-corrected chi connectivity index (χ0v) is 14.7. The summed E-state index contributed by atoms with van der Waals surface area (Å²) >= 11 is 0. The van der Waals surface area contributed by atoms with E-state index in [0.717, 1.165) is 24.5 Å². The van der Waals surface area contributed by atoms with Gasteiger partial charge in [-0.15, -0.1) is 0 Å². The van der Waals surface area contributed by atoms with E-state index in [2.05, 4.69) is 30.7 Å². The molecule has 0 spiro atoms. The van der Waals surface area contributed by atoms with Crippen LogP contribution >= 0.6 is 0 Å². The van der Waals surface area contributed by atoms with E-state index in [1.807, 2.05) is 18.3 Å². The molecule has 8 heteroatoms. The number of nitrogens with zero attached hydrogens (tertiary/aromatic N) is 4. The average Bonchev–Trinajstić information content (AvgIpc) is 3.08. The van der Waals surface area contributed by atoms with Gasteiger partial charge in [-0.25, -0.2) is 9.78 Å². The first-order valence-corrected chi connectivity index (χ1v) is 8.66. The molecule has 0 aliphatic carbocycles. The lowest BCUT2D eigenvalue weighted by molar-refractivity contribution is 0.233. The van der Waals surface area contributed by atoms with Gasteiger partial charge in [-0.1, -0.05) is 11.2 Å². The molecule has 0 radical (unpaired) electrons. The third-order valence-electron chi connectivity index (χ3n) is 4.20. The van der Waals surface area contributed by atoms with E-state index in [-0.39, 0.29) is 12.1 Å². The Morgan fingerprint density at radius 1 is 1.32 bits per heavy atom. The van der Waals surface area contributed by atoms with Crippen LogP contribution in [0.4, 0.5) is 10.6 Å². The average molecular weight is 344 g/mol. The van der Waals surface area contributed by atoms with Crippen molar-refractivity contribution >= 4 is 11.8 Å². The minimum Gasteiger partial charge on any atom is -0.357 e. The van der Waals surface area contributed by atoms with Crippen molar-refractivity contribution in [2.24, 2.45) is 0 Å². The van der Waals surface area contributed by atoms with Crippen LogP contribution in [0.2, 0.25) is 0 Å². The normalized spacial score (nSPS) is 15.7. The van der Waals surface area contributed by atoms with Crippen LogP contribution < -0.4 is 15.5 Å². The molecule has 1 aliphatic rings. The van der Waals surface area contributed by atoms with Gasteiger partial charge in [-0.3, -0.25) is 0 Å². The Kier molecular flexibility index (Phi) is 5.47. The minimum atomic E-state index is -0.346. The third kappa shape index (κ3) is 4.68. The Bertz CT molecular complexity index is 693. The molecule has 1 atom stereocenters. The van der Waals surface area contributed by atoms with Gasteiger partial charge < -0.3 is 20.1 Å². The van der Waals surface area contributed by atoms with Crippen LogP contribution in [0, 0.1) is 6.92 Å². The molecule has 134 valence electrons. The molecule has 1 saturated heterocycles. The molecule has 1 aliphatic heterocycles. The number of piperidine rings is 1. The first-order chi connectivity index (χ1) is 12.1. The van der Waals surface area contributed by atoms with Crippen molar-refractivity contribution < 1.29 is 9.32 Å². The highest BCUT2D eigenvalue weighted by Gasteiger charge is 2.15. The Labute approximate surface area is 147 Å². The molecular formula is C17H24N6O2. The molecule has 0 bridgehead atoms. The van der Waals surface area contributed by atoms with E-state index in [9.17, 15) is 4.79 Å². The zero-order chi connectivity index (χ0) is 17.6. The monoisotopic (exact) mass is 344 g/mol. The van der Waals surface area contributed by atoms with Gasteiger partial charge in [0.25, 0.3) is 0 Å². The van der Waals surface area contributed by atoms with Crippen molar-refractivity contribution in [1.82, 2.24) is 25.8 Å². The fourth-order valence-electron chi connectivity index (χ4n) is 2.81. The van der Waals surface area contributed by atoms with Crippen LogP contribution in [0.25, 0.3) is 0 Å². The number of carbonyl (C=O) groups is 1. The number of hydrogen-bond donors (Lipinski definition) is 2. The highest BCUT2D eigenvalue weighted by atomic mass is 16.5. The van der Waals surface area contributed by atoms with Crippen LogP contribution in [-0.4, -0.2) is 34.2 Å². The molecular weight excluding hydrogens is 320 g/mol. The summed E-state index contributed by atoms with van der Waals surface area (Å²) in [6.45, 7) is 6.08. The number of amides is 2. The molecule has 2 aromatic heterocycles. The predicted molar refractivity (Wildman–Crippen MR) is 93.1 cm³/mol. The first-order valence-electron chi connectivity index (χ1n) is 8.66. The Morgan fingerprint density at radius 2 is 2.12 bits per heavy atom. The van der Waals surface area contributed by atoms with Crippen molar-refractivity contribution in [3.8, 4) is 0 Å². The van der Waals surface area contributed by atoms with E-state index >= 15 is 0 Å². The van der Waals surface area contributed by atoms with Crippen molar-refractivity contribution in [1.29, 1.82) is 0 Å². The molecule has 1 fully saturated rings. The Morgan fingerprint density at radius 3 is 2.76 bits per heavy atom. The second kappa shape index (κ2) is 7.96. The van der Waals surface area contributed by atoms with Gasteiger partial charge in [0, 0.05) is 25.8 Å². The maximum Gasteiger partial charge on any atom is 0.315 e. The van der Waals surface area contributed by atoms with Gasteiger partial charge in [0.05, 0.1) is 0 Å². The molecule has 0 saturated carbocycles. The lowest BCUT2D eigenvalue weighted by atomic mass is 10.1. The van der Waals surface area contributed by atoms with E-state index in [1.54, 1.807) is 13.8 Å². The minimum absolute atomic E-state index is 0.288. The molecule has 3 heterocycles. The number of hydrogen-bond acceptors (Lipinski definition) is 6. The number of anilines is 1. The number of rotatable bonds is 5. The molecule has 2 N–H and O–H groups in total. The summed E-state index contributed by atoms with van der Waals surface area (Å²) in [5.41, 5.74) is 0.956. The highest BCUT2D eigenvalue weighted by Crippen LogP contribution is 2.17. The highest BCUT2D eigenvalue weighted by molar-refractivity contribution is 5.74. The van der Waals surface area contributed by atoms with E-state index in [0.29, 0.717) is 18.3 Å². The van der Waals surface area contributed by atoms with Gasteiger partial charge in [0.1, 0.15) is 11.9 Å². The summed E-state index contributed by atoms with van der Waals surface area (Å²) in [4.78, 5) is 22.9. The smallest absolute Gasteiger partial charge is 0.315 e. The molecule has 8 nitrogen and oxygen atoms in total. The zero-order valence-electron chi connectivity index (χ0n) is 14.7. The van der Waals surface area contributed by atoms with Gasteiger partial charge in [0.15, 0.2) is 5.82 Å². The Hall–Kier alpha value is -2.64. The summed E-state index contributed by atoms with van der Waals surface area (Å²) in [5, 5.41) is 9.30. The van der Waals surface area contributed by atoms with Crippen LogP contribution in [0.15, 0.2) is 22.9 Å². The van der Waals surface area contributed by atoms with Gasteiger partial charge in [-0.05, 0) is 44.7 Å². The molecule has 25 heavy (non-hydrogen) atoms. The lowest BCUT2D eigenvalue weighted by Crippen LogP contribution is -2.36. The summed E-state index contributed by atoms with van der Waals surface area (Å²) in [7, 11) is 0. The summed E-state index contributed by atoms with van der Waals surface area (Å²) in [5.74, 6) is 1.94. The first kappa shape index (κ1) is 17.2. The van der Waals surface area contributed by atoms with Crippen LogP contribution in [0.5, 0.6) is 0 Å². The second-order valence-corrected chi connectivity index (χ2v) is 6.30. The van der Waals surface area contributed by atoms with Crippen molar-refractivity contribution in [3.63, 3.8) is 0 Å². The molecule has 0 aromatic carbocycles. The third-order valence-corrected chi connectivity index (χ3v) is 4.20. The van der Waals surface area contributed by atoms with E-state index in [1.165, 1.54) is 19.3 Å². The molecule has 2 aromatic rings. The van der Waals surface area contributed by atoms with Crippen LogP contribution in [-0.2, 0) is 6.54 Å². The number of aryl methyl sites for hydroxylation is 1.